The molecule has 1 heterocycles. The second-order valence-corrected chi connectivity index (χ2v) is 5.91. The molecule has 0 bridgehead atoms. The molecule has 6 heteroatoms. The molecule has 0 aliphatic heterocycles. The number of rotatable bonds is 4. The Morgan fingerprint density at radius 2 is 2.25 bits per heavy atom. The Bertz CT molecular complexity index is 627. The summed E-state index contributed by atoms with van der Waals surface area (Å²) in [4.78, 5) is 5.63. The Morgan fingerprint density at radius 3 is 3.05 bits per heavy atom. The van der Waals surface area contributed by atoms with Crippen LogP contribution in [0.3, 0.4) is 0 Å². The maximum atomic E-state index is 9.29. The molecular weight excluding hydrogens is 276 g/mol. The predicted octanol–water partition coefficient (Wildman–Crippen LogP) is 1.22. The third-order valence-corrected chi connectivity index (χ3v) is 4.26. The van der Waals surface area contributed by atoms with Gasteiger partial charge in [-0.2, -0.15) is 0 Å². The van der Waals surface area contributed by atoms with Gasteiger partial charge in [-0.1, -0.05) is 0 Å². The van der Waals surface area contributed by atoms with E-state index in [0.717, 1.165) is 24.1 Å². The molecule has 3 rings (SSSR count). The number of fused-ring (bicyclic) bond motifs is 3. The largest absolute Gasteiger partial charge is 0.491 e. The maximum absolute atomic E-state index is 9.29. The molecule has 1 aromatic carbocycles. The molecule has 0 saturated carbocycles. The molecular formula is C14H16N2O3S. The number of aryl methyl sites for hydroxylation is 2. The molecule has 2 aromatic rings. The molecule has 1 aliphatic carbocycles. The van der Waals surface area contributed by atoms with Gasteiger partial charge < -0.3 is 20.7 Å². The summed E-state index contributed by atoms with van der Waals surface area (Å²) in [7, 11) is 0. The van der Waals surface area contributed by atoms with Gasteiger partial charge in [0.15, 0.2) is 5.13 Å². The molecule has 0 saturated heterocycles. The predicted molar refractivity (Wildman–Crippen MR) is 78.0 cm³/mol. The lowest BCUT2D eigenvalue weighted by molar-refractivity contribution is 0.0536. The fraction of sp³-hybridized carbons (Fsp3) is 0.357. The zero-order valence-electron chi connectivity index (χ0n) is 10.9. The zero-order chi connectivity index (χ0) is 14.1. The molecule has 1 aliphatic rings. The number of aliphatic hydroxyl groups excluding tert-OH is 2. The summed E-state index contributed by atoms with van der Waals surface area (Å²) in [6.45, 7) is -0.212. The summed E-state index contributed by atoms with van der Waals surface area (Å²) in [5, 5.41) is 18.7. The summed E-state index contributed by atoms with van der Waals surface area (Å²) >= 11 is 1.55. The van der Waals surface area contributed by atoms with Crippen molar-refractivity contribution in [1.82, 2.24) is 4.98 Å². The van der Waals surface area contributed by atoms with Gasteiger partial charge in [0, 0.05) is 10.4 Å². The second kappa shape index (κ2) is 5.40. The highest BCUT2D eigenvalue weighted by Gasteiger charge is 2.20. The van der Waals surface area contributed by atoms with Crippen molar-refractivity contribution in [1.29, 1.82) is 0 Å². The van der Waals surface area contributed by atoms with E-state index in [1.165, 1.54) is 10.4 Å². The number of nitrogens with zero attached hydrogens (tertiary/aromatic N) is 1. The van der Waals surface area contributed by atoms with Crippen LogP contribution in [0.5, 0.6) is 5.75 Å². The molecule has 4 N–H and O–H groups in total. The lowest BCUT2D eigenvalue weighted by Gasteiger charge is -2.17. The highest BCUT2D eigenvalue weighted by Crippen LogP contribution is 2.38. The quantitative estimate of drug-likeness (QED) is 0.788. The van der Waals surface area contributed by atoms with Gasteiger partial charge >= 0.3 is 0 Å². The van der Waals surface area contributed by atoms with E-state index in [-0.39, 0.29) is 13.2 Å². The minimum absolute atomic E-state index is 0.0875. The van der Waals surface area contributed by atoms with Crippen molar-refractivity contribution in [2.45, 2.75) is 18.9 Å². The molecule has 0 fully saturated rings. The fourth-order valence-electron chi connectivity index (χ4n) is 2.34. The molecule has 0 radical (unpaired) electrons. The highest BCUT2D eigenvalue weighted by molar-refractivity contribution is 7.15. The van der Waals surface area contributed by atoms with E-state index in [4.69, 9.17) is 15.6 Å². The number of nitrogens with two attached hydrogens (primary N) is 1. The lowest BCUT2D eigenvalue weighted by Crippen LogP contribution is -2.21. The van der Waals surface area contributed by atoms with E-state index in [0.29, 0.717) is 10.9 Å². The van der Waals surface area contributed by atoms with Crippen molar-refractivity contribution in [3.05, 3.63) is 28.6 Å². The number of aliphatic hydroxyl groups is 2. The van der Waals surface area contributed by atoms with Gasteiger partial charge in [-0.15, -0.1) is 11.3 Å². The van der Waals surface area contributed by atoms with Crippen molar-refractivity contribution in [2.24, 2.45) is 0 Å². The Balaban J connectivity index is 1.84. The number of hydrogen-bond acceptors (Lipinski definition) is 6. The van der Waals surface area contributed by atoms with Crippen LogP contribution in [0.4, 0.5) is 5.13 Å². The first kappa shape index (κ1) is 13.4. The van der Waals surface area contributed by atoms with E-state index in [9.17, 15) is 5.11 Å². The summed E-state index contributed by atoms with van der Waals surface area (Å²) in [6.07, 6.45) is 1.03. The Labute approximate surface area is 120 Å². The minimum Gasteiger partial charge on any atom is -0.491 e. The number of hydrogen-bond donors (Lipinski definition) is 3. The lowest BCUT2D eigenvalue weighted by atomic mass is 9.93. The molecule has 0 spiro atoms. The number of anilines is 1. The first-order valence-corrected chi connectivity index (χ1v) is 7.29. The van der Waals surface area contributed by atoms with Crippen LogP contribution in [0.25, 0.3) is 11.3 Å². The third kappa shape index (κ3) is 2.49. The Morgan fingerprint density at radius 1 is 1.40 bits per heavy atom. The second-order valence-electron chi connectivity index (χ2n) is 4.79. The highest BCUT2D eigenvalue weighted by atomic mass is 32.1. The van der Waals surface area contributed by atoms with E-state index >= 15 is 0 Å². The van der Waals surface area contributed by atoms with E-state index in [2.05, 4.69) is 4.98 Å². The van der Waals surface area contributed by atoms with Crippen molar-refractivity contribution < 1.29 is 14.9 Å². The van der Waals surface area contributed by atoms with Crippen LogP contribution in [0, 0.1) is 0 Å². The van der Waals surface area contributed by atoms with Crippen molar-refractivity contribution in [3.8, 4) is 17.0 Å². The van der Waals surface area contributed by atoms with Crippen LogP contribution in [0.15, 0.2) is 18.2 Å². The Hall–Kier alpha value is -1.63. The standard InChI is InChI=1S/C14H16N2O3S/c15-14-16-13-11-3-2-10(19-7-9(18)6-17)5-8(11)1-4-12(13)20-14/h2-3,5,9,17-18H,1,4,6-7H2,(H2,15,16)/t9-/m1/s1. The van der Waals surface area contributed by atoms with Crippen LogP contribution in [-0.2, 0) is 12.8 Å². The van der Waals surface area contributed by atoms with Gasteiger partial charge in [-0.05, 0) is 36.6 Å². The van der Waals surface area contributed by atoms with E-state index in [1.807, 2.05) is 18.2 Å². The summed E-state index contributed by atoms with van der Waals surface area (Å²) in [6, 6.07) is 5.80. The van der Waals surface area contributed by atoms with E-state index in [1.54, 1.807) is 11.3 Å². The van der Waals surface area contributed by atoms with Crippen LogP contribution >= 0.6 is 11.3 Å². The maximum Gasteiger partial charge on any atom is 0.180 e. The van der Waals surface area contributed by atoms with Crippen molar-refractivity contribution >= 4 is 16.5 Å². The molecule has 0 amide bonds. The van der Waals surface area contributed by atoms with Gasteiger partial charge in [0.25, 0.3) is 0 Å². The zero-order valence-corrected chi connectivity index (χ0v) is 11.7. The van der Waals surface area contributed by atoms with Crippen LogP contribution in [0.2, 0.25) is 0 Å². The third-order valence-electron chi connectivity index (χ3n) is 3.32. The molecule has 106 valence electrons. The molecule has 5 nitrogen and oxygen atoms in total. The number of aromatic nitrogens is 1. The number of nitrogen functional groups attached to an aromatic ring is 1. The van der Waals surface area contributed by atoms with Crippen LogP contribution in [-0.4, -0.2) is 34.5 Å². The smallest absolute Gasteiger partial charge is 0.180 e. The SMILES string of the molecule is Nc1nc2c(s1)CCc1cc(OC[C@H](O)CO)ccc1-2. The normalized spacial score (nSPS) is 14.5. The van der Waals surface area contributed by atoms with Gasteiger partial charge in [0.05, 0.1) is 12.3 Å². The fourth-order valence-corrected chi connectivity index (χ4v) is 3.19. The molecule has 1 atom stereocenters. The molecule has 0 unspecified atom stereocenters. The number of ether oxygens (including phenoxy) is 1. The topological polar surface area (TPSA) is 88.6 Å². The van der Waals surface area contributed by atoms with Crippen LogP contribution in [0.1, 0.15) is 10.4 Å². The van der Waals surface area contributed by atoms with Gasteiger partial charge in [-0.3, -0.25) is 0 Å². The summed E-state index contributed by atoms with van der Waals surface area (Å²) in [5.74, 6) is 0.697. The monoisotopic (exact) mass is 292 g/mol. The Kier molecular flexibility index (Phi) is 3.60. The van der Waals surface area contributed by atoms with Gasteiger partial charge in [0.1, 0.15) is 18.5 Å². The summed E-state index contributed by atoms with van der Waals surface area (Å²) < 4.78 is 5.47. The van der Waals surface area contributed by atoms with Crippen LogP contribution < -0.4 is 10.5 Å². The minimum atomic E-state index is -0.851. The number of thiazole rings is 1. The summed E-state index contributed by atoms with van der Waals surface area (Å²) in [5.41, 5.74) is 9.04. The van der Waals surface area contributed by atoms with Gasteiger partial charge in [-0.25, -0.2) is 4.98 Å². The van der Waals surface area contributed by atoms with Crippen molar-refractivity contribution in [3.63, 3.8) is 0 Å². The van der Waals surface area contributed by atoms with Crippen molar-refractivity contribution in [2.75, 3.05) is 18.9 Å². The molecule has 1 aromatic heterocycles. The average molecular weight is 292 g/mol. The van der Waals surface area contributed by atoms with E-state index < -0.39 is 6.10 Å². The first-order chi connectivity index (χ1) is 9.67. The first-order valence-electron chi connectivity index (χ1n) is 6.47. The number of benzene rings is 1. The molecule has 20 heavy (non-hydrogen) atoms. The van der Waals surface area contributed by atoms with Gasteiger partial charge in [0.2, 0.25) is 0 Å². The average Bonchev–Trinajstić information content (AvgIpc) is 2.85.